The van der Waals surface area contributed by atoms with Crippen LogP contribution in [0.15, 0.2) is 53.3 Å². The zero-order valence-electron chi connectivity index (χ0n) is 14.8. The van der Waals surface area contributed by atoms with E-state index in [0.29, 0.717) is 6.07 Å². The van der Waals surface area contributed by atoms with Gasteiger partial charge in [0.1, 0.15) is 17.3 Å². The Balaban J connectivity index is 2.10. The summed E-state index contributed by atoms with van der Waals surface area (Å²) in [5.41, 5.74) is -2.89. The van der Waals surface area contributed by atoms with Crippen molar-refractivity contribution in [2.45, 2.75) is 13.1 Å². The van der Waals surface area contributed by atoms with Crippen molar-refractivity contribution in [1.82, 2.24) is 14.6 Å². The minimum absolute atomic E-state index is 0.0958. The molecule has 29 heavy (non-hydrogen) atoms. The third-order valence-electron chi connectivity index (χ3n) is 4.43. The molecule has 0 spiro atoms. The normalized spacial score (nSPS) is 11.9. The third-order valence-corrected chi connectivity index (χ3v) is 4.43. The number of aromatic nitrogens is 3. The molecule has 9 heteroatoms. The maximum Gasteiger partial charge on any atom is 0.435 e. The molecule has 0 aliphatic carbocycles. The van der Waals surface area contributed by atoms with Gasteiger partial charge in [-0.25, -0.2) is 18.3 Å². The summed E-state index contributed by atoms with van der Waals surface area (Å²) in [4.78, 5) is 16.5. The number of aromatic amines is 1. The van der Waals surface area contributed by atoms with E-state index in [2.05, 4.69) is 10.1 Å². The second-order valence-electron chi connectivity index (χ2n) is 6.43. The van der Waals surface area contributed by atoms with Crippen LogP contribution in [-0.4, -0.2) is 14.6 Å². The molecule has 0 radical (unpaired) electrons. The number of nitrogens with zero attached hydrogens (tertiary/aromatic N) is 2. The highest BCUT2D eigenvalue weighted by Gasteiger charge is 2.39. The van der Waals surface area contributed by atoms with E-state index in [1.807, 2.05) is 0 Å². The zero-order valence-corrected chi connectivity index (χ0v) is 14.8. The van der Waals surface area contributed by atoms with E-state index in [9.17, 15) is 26.7 Å². The first kappa shape index (κ1) is 18.9. The summed E-state index contributed by atoms with van der Waals surface area (Å²) in [5.74, 6) is -1.83. The molecular weight excluding hydrogens is 393 g/mol. The molecule has 4 aromatic rings. The molecule has 2 heterocycles. The number of hydrogen-bond donors (Lipinski definition) is 1. The van der Waals surface area contributed by atoms with E-state index in [-0.39, 0.29) is 28.1 Å². The average molecular weight is 405 g/mol. The third kappa shape index (κ3) is 3.18. The van der Waals surface area contributed by atoms with E-state index in [0.717, 1.165) is 16.6 Å². The summed E-state index contributed by atoms with van der Waals surface area (Å²) in [6.45, 7) is 1.43. The van der Waals surface area contributed by atoms with Crippen molar-refractivity contribution >= 4 is 5.65 Å². The van der Waals surface area contributed by atoms with E-state index in [4.69, 9.17) is 0 Å². The number of imidazole rings is 1. The molecule has 0 fully saturated rings. The van der Waals surface area contributed by atoms with Crippen molar-refractivity contribution in [1.29, 1.82) is 0 Å². The van der Waals surface area contributed by atoms with Gasteiger partial charge in [-0.05, 0) is 24.6 Å². The van der Waals surface area contributed by atoms with Crippen molar-refractivity contribution in [3.8, 4) is 22.4 Å². The van der Waals surface area contributed by atoms with E-state index in [1.165, 1.54) is 19.1 Å². The predicted molar refractivity (Wildman–Crippen MR) is 96.3 cm³/mol. The van der Waals surface area contributed by atoms with Gasteiger partial charge >= 0.3 is 6.18 Å². The van der Waals surface area contributed by atoms with E-state index >= 15 is 0 Å². The first-order valence-electron chi connectivity index (χ1n) is 8.41. The minimum Gasteiger partial charge on any atom is -0.296 e. The number of rotatable bonds is 2. The number of hydrogen-bond acceptors (Lipinski definition) is 2. The molecule has 0 atom stereocenters. The van der Waals surface area contributed by atoms with Crippen LogP contribution in [0.25, 0.3) is 28.0 Å². The number of H-pyrrole nitrogens is 1. The summed E-state index contributed by atoms with van der Waals surface area (Å²) in [7, 11) is 0. The second-order valence-corrected chi connectivity index (χ2v) is 6.43. The minimum atomic E-state index is -4.82. The van der Waals surface area contributed by atoms with Crippen LogP contribution in [0.5, 0.6) is 0 Å². The lowest BCUT2D eigenvalue weighted by Gasteiger charge is -2.10. The predicted octanol–water partition coefficient (Wildman–Crippen LogP) is 4.96. The number of aryl methyl sites for hydroxylation is 1. The first-order chi connectivity index (χ1) is 13.7. The van der Waals surface area contributed by atoms with Gasteiger partial charge in [0, 0.05) is 17.3 Å². The molecule has 148 valence electrons. The summed E-state index contributed by atoms with van der Waals surface area (Å²) < 4.78 is 69.1. The molecule has 1 N–H and O–H groups in total. The second kappa shape index (κ2) is 6.54. The molecule has 0 aliphatic rings. The van der Waals surface area contributed by atoms with Gasteiger partial charge in [-0.3, -0.25) is 9.89 Å². The van der Waals surface area contributed by atoms with Crippen LogP contribution in [0.3, 0.4) is 0 Å². The van der Waals surface area contributed by atoms with Crippen LogP contribution in [0.4, 0.5) is 22.0 Å². The van der Waals surface area contributed by atoms with Gasteiger partial charge in [0.25, 0.3) is 0 Å². The van der Waals surface area contributed by atoms with Crippen molar-refractivity contribution in [2.75, 3.05) is 0 Å². The summed E-state index contributed by atoms with van der Waals surface area (Å²) in [5, 5.41) is 2.71. The molecule has 2 aromatic heterocycles. The van der Waals surface area contributed by atoms with Crippen molar-refractivity contribution < 1.29 is 22.0 Å². The lowest BCUT2D eigenvalue weighted by atomic mass is 10.0. The van der Waals surface area contributed by atoms with Gasteiger partial charge in [0.15, 0.2) is 5.69 Å². The Morgan fingerprint density at radius 2 is 1.59 bits per heavy atom. The van der Waals surface area contributed by atoms with Crippen LogP contribution in [0.1, 0.15) is 11.4 Å². The Kier molecular flexibility index (Phi) is 4.25. The Labute approximate surface area is 160 Å². The van der Waals surface area contributed by atoms with Crippen molar-refractivity contribution in [3.63, 3.8) is 0 Å². The molecule has 0 saturated heterocycles. The fourth-order valence-electron chi connectivity index (χ4n) is 3.29. The summed E-state index contributed by atoms with van der Waals surface area (Å²) in [6.07, 6.45) is -4.82. The number of fused-ring (bicyclic) bond motifs is 1. The lowest BCUT2D eigenvalue weighted by Crippen LogP contribution is -2.15. The Hall–Kier alpha value is -3.49. The van der Waals surface area contributed by atoms with Crippen molar-refractivity contribution in [3.05, 3.63) is 81.8 Å². The summed E-state index contributed by atoms with van der Waals surface area (Å²) in [6, 6.07) is 10.2. The smallest absolute Gasteiger partial charge is 0.296 e. The van der Waals surface area contributed by atoms with Crippen LogP contribution in [0.2, 0.25) is 0 Å². The molecule has 2 aromatic carbocycles. The van der Waals surface area contributed by atoms with Gasteiger partial charge < -0.3 is 0 Å². The fourth-order valence-corrected chi connectivity index (χ4v) is 3.29. The molecule has 0 saturated carbocycles. The summed E-state index contributed by atoms with van der Waals surface area (Å²) >= 11 is 0. The molecule has 0 aliphatic heterocycles. The fraction of sp³-hybridized carbons (Fsp3) is 0.100. The van der Waals surface area contributed by atoms with Crippen LogP contribution >= 0.6 is 0 Å². The van der Waals surface area contributed by atoms with Crippen LogP contribution < -0.4 is 5.43 Å². The number of alkyl halides is 3. The van der Waals surface area contributed by atoms with Crippen molar-refractivity contribution in [2.24, 2.45) is 0 Å². The van der Waals surface area contributed by atoms with Crippen LogP contribution in [-0.2, 0) is 6.18 Å². The van der Waals surface area contributed by atoms with Gasteiger partial charge in [-0.1, -0.05) is 30.3 Å². The Morgan fingerprint density at radius 3 is 2.17 bits per heavy atom. The molecule has 0 unspecified atom stereocenters. The number of halogens is 5. The number of benzene rings is 2. The zero-order chi connectivity index (χ0) is 20.9. The van der Waals surface area contributed by atoms with E-state index in [1.54, 1.807) is 18.2 Å². The standard InChI is InChI=1S/C20H12F5N3O/c1-10-15(12-7-13(21)9-14(22)8-12)17(29)19-26-18(20(23,24)25)16(28(19)27-10)11-5-3-2-4-6-11/h2-9,27H,1H3. The van der Waals surface area contributed by atoms with Gasteiger partial charge in [-0.15, -0.1) is 0 Å². The topological polar surface area (TPSA) is 50.2 Å². The van der Waals surface area contributed by atoms with E-state index < -0.39 is 34.6 Å². The quantitative estimate of drug-likeness (QED) is 0.479. The van der Waals surface area contributed by atoms with Gasteiger partial charge in [-0.2, -0.15) is 13.2 Å². The monoisotopic (exact) mass is 405 g/mol. The Bertz CT molecular complexity index is 1270. The maximum absolute atomic E-state index is 13.6. The molecule has 4 rings (SSSR count). The van der Waals surface area contributed by atoms with Gasteiger partial charge in [0.05, 0.1) is 5.56 Å². The highest BCUT2D eigenvalue weighted by Crippen LogP contribution is 2.37. The van der Waals surface area contributed by atoms with Crippen LogP contribution in [0, 0.1) is 18.6 Å². The molecule has 0 bridgehead atoms. The molecule has 0 amide bonds. The largest absolute Gasteiger partial charge is 0.435 e. The highest BCUT2D eigenvalue weighted by molar-refractivity contribution is 5.73. The highest BCUT2D eigenvalue weighted by atomic mass is 19.4. The molecule has 4 nitrogen and oxygen atoms in total. The average Bonchev–Trinajstić information content (AvgIpc) is 3.01. The van der Waals surface area contributed by atoms with Gasteiger partial charge in [0.2, 0.25) is 11.1 Å². The first-order valence-corrected chi connectivity index (χ1v) is 8.41. The number of nitrogens with one attached hydrogen (secondary N) is 1. The SMILES string of the molecule is Cc1[nH]n2c(-c3ccccc3)c(C(F)(F)F)nc2c(=O)c1-c1cc(F)cc(F)c1. The maximum atomic E-state index is 13.6. The lowest BCUT2D eigenvalue weighted by molar-refractivity contribution is -0.140. The Morgan fingerprint density at radius 1 is 0.966 bits per heavy atom. The molecular formula is C20H12F5N3O.